The van der Waals surface area contributed by atoms with E-state index in [2.05, 4.69) is 22.2 Å². The normalized spacial score (nSPS) is 23.2. The SMILES string of the molecule is COc1cccc(S(=O)(=O)N[C@H]2CC[C@H](CC(=O)NC3Cc4ccccc4C3)O[C@@H]2CO)c1. The van der Waals surface area contributed by atoms with Crippen LogP contribution < -0.4 is 14.8 Å². The van der Waals surface area contributed by atoms with Crippen molar-refractivity contribution in [2.45, 2.75) is 61.3 Å². The van der Waals surface area contributed by atoms with E-state index in [0.717, 1.165) is 12.8 Å². The van der Waals surface area contributed by atoms with Crippen molar-refractivity contribution in [3.8, 4) is 5.75 Å². The minimum absolute atomic E-state index is 0.0783. The topological polar surface area (TPSA) is 114 Å². The van der Waals surface area contributed by atoms with E-state index in [0.29, 0.717) is 18.6 Å². The summed E-state index contributed by atoms with van der Waals surface area (Å²) in [5.41, 5.74) is 2.53. The molecular weight excluding hydrogens is 444 g/mol. The van der Waals surface area contributed by atoms with Crippen LogP contribution in [0.1, 0.15) is 30.4 Å². The maximum atomic E-state index is 12.8. The van der Waals surface area contributed by atoms with Gasteiger partial charge >= 0.3 is 0 Å². The van der Waals surface area contributed by atoms with Gasteiger partial charge in [-0.1, -0.05) is 30.3 Å². The number of nitrogens with one attached hydrogen (secondary N) is 2. The standard InChI is InChI=1S/C24H30N2O6S/c1-31-19-7-4-8-21(13-19)33(29,30)26-22-10-9-20(32-23(22)15-27)14-24(28)25-18-11-16-5-2-3-6-17(16)12-18/h2-8,13,18,20,22-23,26-27H,9-12,14-15H2,1H3,(H,25,28)/t20-,22+,23-/m1/s1. The first-order chi connectivity index (χ1) is 15.9. The Morgan fingerprint density at radius 3 is 2.52 bits per heavy atom. The molecule has 1 saturated heterocycles. The highest BCUT2D eigenvalue weighted by Gasteiger charge is 2.35. The molecule has 0 radical (unpaired) electrons. The van der Waals surface area contributed by atoms with Crippen molar-refractivity contribution in [1.82, 2.24) is 10.0 Å². The second-order valence-electron chi connectivity index (χ2n) is 8.61. The fraction of sp³-hybridized carbons (Fsp3) is 0.458. The number of rotatable bonds is 8. The molecule has 2 aliphatic rings. The van der Waals surface area contributed by atoms with Crippen molar-refractivity contribution < 1.29 is 27.8 Å². The van der Waals surface area contributed by atoms with Gasteiger partial charge in [0.05, 0.1) is 43.3 Å². The lowest BCUT2D eigenvalue weighted by atomic mass is 9.97. The number of benzene rings is 2. The van der Waals surface area contributed by atoms with E-state index in [1.165, 1.54) is 30.4 Å². The maximum Gasteiger partial charge on any atom is 0.241 e. The lowest BCUT2D eigenvalue weighted by Crippen LogP contribution is -2.51. The highest BCUT2D eigenvalue weighted by Crippen LogP contribution is 2.26. The Morgan fingerprint density at radius 2 is 1.85 bits per heavy atom. The highest BCUT2D eigenvalue weighted by atomic mass is 32.2. The summed E-state index contributed by atoms with van der Waals surface area (Å²) in [4.78, 5) is 12.7. The number of hydrogen-bond acceptors (Lipinski definition) is 6. The molecule has 1 amide bonds. The number of hydrogen-bond donors (Lipinski definition) is 3. The van der Waals surface area contributed by atoms with E-state index in [9.17, 15) is 18.3 Å². The van der Waals surface area contributed by atoms with Crippen LogP contribution in [0, 0.1) is 0 Å². The van der Waals surface area contributed by atoms with Crippen molar-refractivity contribution in [3.05, 3.63) is 59.7 Å². The maximum absolute atomic E-state index is 12.8. The lowest BCUT2D eigenvalue weighted by molar-refractivity contribution is -0.131. The van der Waals surface area contributed by atoms with Crippen LogP contribution in [0.25, 0.3) is 0 Å². The Morgan fingerprint density at radius 1 is 1.12 bits per heavy atom. The van der Waals surface area contributed by atoms with E-state index < -0.39 is 22.2 Å². The van der Waals surface area contributed by atoms with Crippen LogP contribution in [-0.4, -0.2) is 57.4 Å². The number of carbonyl (C=O) groups is 1. The zero-order valence-corrected chi connectivity index (χ0v) is 19.4. The zero-order chi connectivity index (χ0) is 23.4. The molecule has 1 heterocycles. The molecule has 4 rings (SSSR count). The Kier molecular flexibility index (Phi) is 7.33. The summed E-state index contributed by atoms with van der Waals surface area (Å²) in [5.74, 6) is 0.345. The minimum Gasteiger partial charge on any atom is -0.497 e. The van der Waals surface area contributed by atoms with Gasteiger partial charge in [-0.2, -0.15) is 0 Å². The summed E-state index contributed by atoms with van der Waals surface area (Å²) in [6, 6.07) is 13.9. The molecule has 0 spiro atoms. The number of sulfonamides is 1. The van der Waals surface area contributed by atoms with E-state index in [1.54, 1.807) is 12.1 Å². The van der Waals surface area contributed by atoms with Gasteiger partial charge in [0.1, 0.15) is 5.75 Å². The zero-order valence-electron chi connectivity index (χ0n) is 18.6. The Bertz CT molecular complexity index is 1060. The van der Waals surface area contributed by atoms with E-state index >= 15 is 0 Å². The molecule has 0 bridgehead atoms. The van der Waals surface area contributed by atoms with Crippen LogP contribution in [0.2, 0.25) is 0 Å². The van der Waals surface area contributed by atoms with Crippen LogP contribution in [0.4, 0.5) is 0 Å². The molecule has 33 heavy (non-hydrogen) atoms. The molecule has 3 N–H and O–H groups in total. The number of methoxy groups -OCH3 is 1. The average molecular weight is 475 g/mol. The Hall–Kier alpha value is -2.46. The van der Waals surface area contributed by atoms with Gasteiger partial charge in [-0.25, -0.2) is 13.1 Å². The molecule has 0 unspecified atom stereocenters. The molecule has 0 saturated carbocycles. The molecule has 178 valence electrons. The monoisotopic (exact) mass is 474 g/mol. The quantitative estimate of drug-likeness (QED) is 0.535. The number of ether oxygens (including phenoxy) is 2. The van der Waals surface area contributed by atoms with Gasteiger partial charge in [-0.3, -0.25) is 4.79 Å². The first-order valence-corrected chi connectivity index (χ1v) is 12.6. The van der Waals surface area contributed by atoms with Gasteiger partial charge in [0.15, 0.2) is 0 Å². The third kappa shape index (κ3) is 5.73. The number of aliphatic hydroxyl groups excluding tert-OH is 1. The van der Waals surface area contributed by atoms with Gasteiger partial charge in [-0.15, -0.1) is 0 Å². The van der Waals surface area contributed by atoms with Crippen molar-refractivity contribution >= 4 is 15.9 Å². The minimum atomic E-state index is -3.82. The third-order valence-electron chi connectivity index (χ3n) is 6.28. The van der Waals surface area contributed by atoms with Gasteiger partial charge in [0.25, 0.3) is 0 Å². The predicted octanol–water partition coefficient (Wildman–Crippen LogP) is 1.56. The number of amides is 1. The summed E-state index contributed by atoms with van der Waals surface area (Å²) in [5, 5.41) is 12.9. The van der Waals surface area contributed by atoms with Crippen molar-refractivity contribution in [1.29, 1.82) is 0 Å². The number of fused-ring (bicyclic) bond motifs is 1. The third-order valence-corrected chi connectivity index (χ3v) is 7.77. The number of aliphatic hydroxyl groups is 1. The molecule has 1 aliphatic heterocycles. The fourth-order valence-electron chi connectivity index (χ4n) is 4.61. The molecule has 2 aromatic carbocycles. The van der Waals surface area contributed by atoms with Crippen LogP contribution in [0.3, 0.4) is 0 Å². The fourth-order valence-corrected chi connectivity index (χ4v) is 5.94. The Labute approximate surface area is 194 Å². The van der Waals surface area contributed by atoms with Crippen molar-refractivity contribution in [2.75, 3.05) is 13.7 Å². The summed E-state index contributed by atoms with van der Waals surface area (Å²) in [7, 11) is -2.35. The average Bonchev–Trinajstić information content (AvgIpc) is 3.22. The van der Waals surface area contributed by atoms with Crippen molar-refractivity contribution in [3.63, 3.8) is 0 Å². The summed E-state index contributed by atoms with van der Waals surface area (Å²) in [6.45, 7) is -0.346. The molecule has 1 aliphatic carbocycles. The largest absolute Gasteiger partial charge is 0.497 e. The van der Waals surface area contributed by atoms with Gasteiger partial charge in [0.2, 0.25) is 15.9 Å². The van der Waals surface area contributed by atoms with Gasteiger partial charge in [-0.05, 0) is 48.9 Å². The predicted molar refractivity (Wildman–Crippen MR) is 122 cm³/mol. The molecule has 9 heteroatoms. The van der Waals surface area contributed by atoms with E-state index in [4.69, 9.17) is 9.47 Å². The molecular formula is C24H30N2O6S. The van der Waals surface area contributed by atoms with Gasteiger partial charge < -0.3 is 19.9 Å². The van der Waals surface area contributed by atoms with Crippen LogP contribution in [-0.2, 0) is 32.4 Å². The Balaban J connectivity index is 1.30. The molecule has 8 nitrogen and oxygen atoms in total. The summed E-state index contributed by atoms with van der Waals surface area (Å²) >= 11 is 0. The molecule has 2 aromatic rings. The number of carbonyl (C=O) groups excluding carboxylic acids is 1. The second-order valence-corrected chi connectivity index (χ2v) is 10.3. The van der Waals surface area contributed by atoms with Gasteiger partial charge in [0, 0.05) is 12.1 Å². The van der Waals surface area contributed by atoms with Crippen LogP contribution >= 0.6 is 0 Å². The molecule has 0 aromatic heterocycles. The van der Waals surface area contributed by atoms with Crippen LogP contribution in [0.15, 0.2) is 53.4 Å². The lowest BCUT2D eigenvalue weighted by Gasteiger charge is -2.35. The summed E-state index contributed by atoms with van der Waals surface area (Å²) < 4.78 is 39.3. The van der Waals surface area contributed by atoms with E-state index in [1.807, 2.05) is 12.1 Å². The molecule has 1 fully saturated rings. The van der Waals surface area contributed by atoms with E-state index in [-0.39, 0.29) is 36.0 Å². The first-order valence-electron chi connectivity index (χ1n) is 11.2. The summed E-state index contributed by atoms with van der Waals surface area (Å²) in [6.07, 6.45) is 1.69. The second kappa shape index (κ2) is 10.2. The highest BCUT2D eigenvalue weighted by molar-refractivity contribution is 7.89. The first kappa shape index (κ1) is 23.7. The van der Waals surface area contributed by atoms with Crippen LogP contribution in [0.5, 0.6) is 5.75 Å². The molecule has 3 atom stereocenters. The smallest absolute Gasteiger partial charge is 0.241 e. The van der Waals surface area contributed by atoms with Crippen molar-refractivity contribution in [2.24, 2.45) is 0 Å².